The Morgan fingerprint density at radius 1 is 0.847 bits per heavy atom. The summed E-state index contributed by atoms with van der Waals surface area (Å²) in [5, 5.41) is 12.6. The number of anilines is 2. The highest BCUT2D eigenvalue weighted by Gasteiger charge is 2.52. The first-order valence-electron chi connectivity index (χ1n) is 21.1. The molecule has 0 saturated carbocycles. The summed E-state index contributed by atoms with van der Waals surface area (Å²) in [5.41, 5.74) is 8.95. The minimum Gasteiger partial charge on any atom is -0.508 e. The normalized spacial score (nSPS) is 25.6. The number of hydrogen-bond donors (Lipinski definition) is 2. The van der Waals surface area contributed by atoms with Gasteiger partial charge in [-0.05, 0) is 83.8 Å². The molecule has 0 radical (unpaired) electrons. The first kappa shape index (κ1) is 36.2. The quantitative estimate of drug-likeness (QED) is 0.276. The number of imide groups is 1. The number of aryl methyl sites for hydroxylation is 1. The van der Waals surface area contributed by atoms with Crippen molar-refractivity contribution in [3.8, 4) is 11.5 Å². The molecule has 0 bridgehead atoms. The lowest BCUT2D eigenvalue weighted by molar-refractivity contribution is -0.138. The summed E-state index contributed by atoms with van der Waals surface area (Å²) in [4.78, 5) is 61.9. The predicted molar refractivity (Wildman–Crippen MR) is 221 cm³/mol. The van der Waals surface area contributed by atoms with Gasteiger partial charge in [0.1, 0.15) is 24.1 Å². The van der Waals surface area contributed by atoms with Crippen LogP contribution in [0.3, 0.4) is 0 Å². The van der Waals surface area contributed by atoms with Crippen LogP contribution in [0.25, 0.3) is 0 Å². The monoisotopic (exact) mass is 792 g/mol. The van der Waals surface area contributed by atoms with E-state index in [0.717, 1.165) is 50.3 Å². The number of amides is 4. The number of hydrogen-bond acceptors (Lipinski definition) is 9. The molecule has 6 heterocycles. The Morgan fingerprint density at radius 3 is 2.46 bits per heavy atom. The van der Waals surface area contributed by atoms with Crippen LogP contribution in [-0.4, -0.2) is 114 Å². The average molecular weight is 793 g/mol. The first-order valence-corrected chi connectivity index (χ1v) is 21.1. The molecule has 7 aliphatic rings. The van der Waals surface area contributed by atoms with Crippen molar-refractivity contribution in [2.45, 2.75) is 56.1 Å². The summed E-state index contributed by atoms with van der Waals surface area (Å²) in [6, 6.07) is 29.0. The van der Waals surface area contributed by atoms with E-state index in [0.29, 0.717) is 62.2 Å². The number of nitrogens with one attached hydrogen (secondary N) is 1. The van der Waals surface area contributed by atoms with Gasteiger partial charge in [-0.25, -0.2) is 0 Å². The molecule has 4 saturated heterocycles. The Morgan fingerprint density at radius 2 is 1.66 bits per heavy atom. The maximum Gasteiger partial charge on any atom is 0.255 e. The van der Waals surface area contributed by atoms with E-state index >= 15 is 0 Å². The van der Waals surface area contributed by atoms with Gasteiger partial charge in [-0.2, -0.15) is 0 Å². The van der Waals surface area contributed by atoms with Gasteiger partial charge in [0.2, 0.25) is 17.7 Å². The highest BCUT2D eigenvalue weighted by molar-refractivity contribution is 6.06. The number of nitrogens with zero attached hydrogens (tertiary/aromatic N) is 5. The lowest BCUT2D eigenvalue weighted by Gasteiger charge is -2.61. The second kappa shape index (κ2) is 13.9. The number of fused-ring (bicyclic) bond motifs is 6. The Balaban J connectivity index is 0.687. The molecular weight excluding hydrogens is 745 g/mol. The van der Waals surface area contributed by atoms with Gasteiger partial charge in [-0.15, -0.1) is 0 Å². The maximum atomic E-state index is 13.6. The van der Waals surface area contributed by atoms with E-state index in [-0.39, 0.29) is 48.1 Å². The van der Waals surface area contributed by atoms with Gasteiger partial charge in [0, 0.05) is 80.4 Å². The van der Waals surface area contributed by atoms with Gasteiger partial charge >= 0.3 is 0 Å². The Kier molecular flexibility index (Phi) is 8.51. The zero-order valence-electron chi connectivity index (χ0n) is 33.0. The van der Waals surface area contributed by atoms with Gasteiger partial charge in [-0.1, -0.05) is 48.5 Å². The summed E-state index contributed by atoms with van der Waals surface area (Å²) in [5.74, 6) is 0.842. The number of carbonyl (C=O) groups is 4. The fourth-order valence-corrected chi connectivity index (χ4v) is 11.3. The lowest BCUT2D eigenvalue weighted by Crippen LogP contribution is -2.73. The van der Waals surface area contributed by atoms with Gasteiger partial charge in [0.15, 0.2) is 0 Å². The number of benzene rings is 4. The molecule has 6 aliphatic heterocycles. The molecule has 302 valence electrons. The number of ether oxygens (including phenoxy) is 1. The van der Waals surface area contributed by atoms with Crippen LogP contribution < -0.4 is 19.9 Å². The molecule has 4 aromatic rings. The fraction of sp³-hybridized carbons (Fsp3) is 0.404. The molecule has 1 spiro atoms. The van der Waals surface area contributed by atoms with E-state index in [1.54, 1.807) is 4.90 Å². The third kappa shape index (κ3) is 6.13. The SMILES string of the molecule is O=C1CCC(N2Cc3c(ccc4c3OC[C@H]3CN(C(=O)CN5CC6(C5)CN(c5ccc(C7c8ccc(O)cc8CC[C@@H]7c7ccccc7)cc5)C6)CCN43)C2=O)C(=O)N1. The standard InChI is InChI=1S/C47H48N6O6/c54-34-11-13-36-31(20-34)8-12-35(29-4-2-1-3-5-29)43(36)30-6-9-32(10-7-30)51-27-47(28-51)25-49(26-47)23-42(56)50-18-19-52-33(21-50)24-59-44-38-22-53(40-16-17-41(55)48-45(40)57)46(58)37(38)14-15-39(44)52/h1-7,9-11,13-15,20,33,35,40,43,54H,8,12,16-19,21-28H2,(H,48,55,57)/t33-,35-,40?,43?/m1/s1. The van der Waals surface area contributed by atoms with Crippen molar-refractivity contribution in [1.29, 1.82) is 0 Å². The highest BCUT2D eigenvalue weighted by atomic mass is 16.5. The van der Waals surface area contributed by atoms with Crippen LogP contribution in [0.4, 0.5) is 11.4 Å². The van der Waals surface area contributed by atoms with Crippen LogP contribution in [0, 0.1) is 5.41 Å². The third-order valence-corrected chi connectivity index (χ3v) is 14.2. The zero-order chi connectivity index (χ0) is 40.0. The van der Waals surface area contributed by atoms with E-state index in [1.807, 2.05) is 29.2 Å². The summed E-state index contributed by atoms with van der Waals surface area (Å²) >= 11 is 0. The molecule has 59 heavy (non-hydrogen) atoms. The van der Waals surface area contributed by atoms with Gasteiger partial charge in [-0.3, -0.25) is 29.4 Å². The molecule has 11 rings (SSSR count). The zero-order valence-corrected chi connectivity index (χ0v) is 33.0. The molecular formula is C47H48N6O6. The van der Waals surface area contributed by atoms with Crippen LogP contribution >= 0.6 is 0 Å². The second-order valence-corrected chi connectivity index (χ2v) is 17.8. The summed E-state index contributed by atoms with van der Waals surface area (Å²) in [6.45, 7) is 6.84. The molecule has 2 unspecified atom stereocenters. The van der Waals surface area contributed by atoms with Crippen LogP contribution in [0.1, 0.15) is 69.3 Å². The Labute approximate surface area is 343 Å². The molecule has 12 nitrogen and oxygen atoms in total. The average Bonchev–Trinajstić information content (AvgIpc) is 3.56. The van der Waals surface area contributed by atoms with Gasteiger partial charge in [0.25, 0.3) is 5.91 Å². The molecule has 4 amide bonds. The minimum atomic E-state index is -0.672. The molecule has 0 aromatic heterocycles. The van der Waals surface area contributed by atoms with Gasteiger partial charge < -0.3 is 29.4 Å². The van der Waals surface area contributed by atoms with Gasteiger partial charge in [0.05, 0.1) is 24.8 Å². The van der Waals surface area contributed by atoms with E-state index in [2.05, 4.69) is 80.7 Å². The Bertz CT molecular complexity index is 2370. The summed E-state index contributed by atoms with van der Waals surface area (Å²) in [7, 11) is 0. The van der Waals surface area contributed by atoms with Crippen LogP contribution in [-0.2, 0) is 27.3 Å². The highest BCUT2D eigenvalue weighted by Crippen LogP contribution is 2.48. The molecule has 4 fully saturated rings. The van der Waals surface area contributed by atoms with Crippen molar-refractivity contribution in [2.75, 3.05) is 68.8 Å². The molecule has 1 aliphatic carbocycles. The van der Waals surface area contributed by atoms with Crippen LogP contribution in [0.5, 0.6) is 11.5 Å². The third-order valence-electron chi connectivity index (χ3n) is 14.2. The molecule has 4 aromatic carbocycles. The van der Waals surface area contributed by atoms with Crippen molar-refractivity contribution >= 4 is 35.0 Å². The number of piperazine rings is 1. The number of phenolic OH excluding ortho intramolecular Hbond substituents is 1. The van der Waals surface area contributed by atoms with Crippen LogP contribution in [0.2, 0.25) is 0 Å². The number of aromatic hydroxyl groups is 1. The van der Waals surface area contributed by atoms with E-state index in [1.165, 1.54) is 27.9 Å². The van der Waals surface area contributed by atoms with Crippen molar-refractivity contribution < 1.29 is 29.0 Å². The molecule has 4 atom stereocenters. The first-order chi connectivity index (χ1) is 28.7. The lowest BCUT2D eigenvalue weighted by atomic mass is 9.69. The van der Waals surface area contributed by atoms with E-state index in [9.17, 15) is 24.3 Å². The smallest absolute Gasteiger partial charge is 0.255 e. The van der Waals surface area contributed by atoms with Crippen LogP contribution in [0.15, 0.2) is 84.9 Å². The van der Waals surface area contributed by atoms with Crippen molar-refractivity contribution in [1.82, 2.24) is 20.0 Å². The number of rotatable bonds is 6. The second-order valence-electron chi connectivity index (χ2n) is 17.8. The number of likely N-dealkylation sites (tertiary alicyclic amines) is 1. The number of carbonyl (C=O) groups excluding carboxylic acids is 4. The summed E-state index contributed by atoms with van der Waals surface area (Å²) < 4.78 is 6.34. The van der Waals surface area contributed by atoms with E-state index in [4.69, 9.17) is 4.74 Å². The maximum absolute atomic E-state index is 13.6. The largest absolute Gasteiger partial charge is 0.508 e. The molecule has 12 heteroatoms. The van der Waals surface area contributed by atoms with Crippen molar-refractivity contribution in [3.05, 3.63) is 118 Å². The van der Waals surface area contributed by atoms with Crippen molar-refractivity contribution in [3.63, 3.8) is 0 Å². The summed E-state index contributed by atoms with van der Waals surface area (Å²) in [6.07, 6.45) is 2.53. The topological polar surface area (TPSA) is 126 Å². The number of phenols is 1. The molecule has 2 N–H and O–H groups in total. The Hall–Kier alpha value is -5.88. The van der Waals surface area contributed by atoms with Crippen molar-refractivity contribution in [2.24, 2.45) is 5.41 Å². The number of piperidine rings is 1. The van der Waals surface area contributed by atoms with E-state index < -0.39 is 11.9 Å². The predicted octanol–water partition coefficient (Wildman–Crippen LogP) is 4.25. The fourth-order valence-electron chi connectivity index (χ4n) is 11.3. The minimum absolute atomic E-state index is 0.0152.